The first-order valence-corrected chi connectivity index (χ1v) is 8.45. The molecule has 0 aliphatic carbocycles. The summed E-state index contributed by atoms with van der Waals surface area (Å²) in [6, 6.07) is 7.89. The van der Waals surface area contributed by atoms with Crippen molar-refractivity contribution in [1.29, 1.82) is 0 Å². The Morgan fingerprint density at radius 1 is 1.33 bits per heavy atom. The van der Waals surface area contributed by atoms with Crippen LogP contribution in [-0.2, 0) is 17.3 Å². The van der Waals surface area contributed by atoms with Crippen molar-refractivity contribution in [3.8, 4) is 5.75 Å². The fourth-order valence-corrected chi connectivity index (χ4v) is 3.66. The van der Waals surface area contributed by atoms with Crippen LogP contribution >= 0.6 is 0 Å². The molecule has 5 nitrogen and oxygen atoms in total. The van der Waals surface area contributed by atoms with Gasteiger partial charge in [-0.2, -0.15) is 0 Å². The van der Waals surface area contributed by atoms with Gasteiger partial charge in [0.25, 0.3) is 0 Å². The zero-order valence-corrected chi connectivity index (χ0v) is 12.9. The Kier molecular flexibility index (Phi) is 4.07. The highest BCUT2D eigenvalue weighted by Gasteiger charge is 2.16. The van der Waals surface area contributed by atoms with Crippen molar-refractivity contribution in [1.82, 2.24) is 9.88 Å². The van der Waals surface area contributed by atoms with E-state index in [-0.39, 0.29) is 0 Å². The average molecular weight is 305 g/mol. The molecular weight excluding hydrogens is 286 g/mol. The average Bonchev–Trinajstić information content (AvgIpc) is 2.50. The van der Waals surface area contributed by atoms with Gasteiger partial charge < -0.3 is 10.5 Å². The Labute approximate surface area is 126 Å². The number of nitrogens with zero attached hydrogens (tertiary/aromatic N) is 2. The number of fused-ring (bicyclic) bond motifs is 1. The number of pyridine rings is 1. The van der Waals surface area contributed by atoms with Crippen LogP contribution in [0.25, 0.3) is 10.9 Å². The maximum Gasteiger partial charge on any atom is 0.128 e. The van der Waals surface area contributed by atoms with Gasteiger partial charge in [-0.05, 0) is 18.2 Å². The Hall–Kier alpha value is -1.66. The van der Waals surface area contributed by atoms with Gasteiger partial charge in [0.15, 0.2) is 0 Å². The smallest absolute Gasteiger partial charge is 0.128 e. The molecule has 2 heterocycles. The maximum atomic E-state index is 11.4. The summed E-state index contributed by atoms with van der Waals surface area (Å²) in [5.74, 6) is 2.83. The number of methoxy groups -OCH3 is 1. The van der Waals surface area contributed by atoms with Crippen molar-refractivity contribution in [3.05, 3.63) is 29.8 Å². The van der Waals surface area contributed by atoms with E-state index >= 15 is 0 Å². The Balaban J connectivity index is 1.85. The quantitative estimate of drug-likeness (QED) is 0.928. The molecule has 1 aliphatic heterocycles. The van der Waals surface area contributed by atoms with Crippen LogP contribution in [0, 0.1) is 0 Å². The lowest BCUT2D eigenvalue weighted by Gasteiger charge is -2.26. The van der Waals surface area contributed by atoms with Gasteiger partial charge in [0.05, 0.1) is 12.6 Å². The van der Waals surface area contributed by atoms with Crippen LogP contribution in [0.15, 0.2) is 24.3 Å². The van der Waals surface area contributed by atoms with Crippen molar-refractivity contribution in [3.63, 3.8) is 0 Å². The molecule has 6 heteroatoms. The molecule has 1 saturated heterocycles. The van der Waals surface area contributed by atoms with Gasteiger partial charge in [-0.15, -0.1) is 0 Å². The van der Waals surface area contributed by atoms with Crippen LogP contribution in [-0.4, -0.2) is 45.8 Å². The summed E-state index contributed by atoms with van der Waals surface area (Å²) in [6.45, 7) is 2.47. The van der Waals surface area contributed by atoms with E-state index in [9.17, 15) is 4.21 Å². The van der Waals surface area contributed by atoms with Crippen LogP contribution in [0.3, 0.4) is 0 Å². The van der Waals surface area contributed by atoms with E-state index in [1.807, 2.05) is 18.2 Å². The Morgan fingerprint density at radius 3 is 2.81 bits per heavy atom. The summed E-state index contributed by atoms with van der Waals surface area (Å²) in [5.41, 5.74) is 7.96. The second kappa shape index (κ2) is 5.99. The minimum atomic E-state index is -0.653. The second-order valence-electron chi connectivity index (χ2n) is 5.22. The van der Waals surface area contributed by atoms with Gasteiger partial charge in [0.2, 0.25) is 0 Å². The maximum absolute atomic E-state index is 11.4. The number of benzene rings is 1. The van der Waals surface area contributed by atoms with Gasteiger partial charge in [-0.25, -0.2) is 4.98 Å². The molecule has 0 atom stereocenters. The fraction of sp³-hybridized carbons (Fsp3) is 0.400. The number of rotatable bonds is 3. The standard InChI is InChI=1S/C15H19N3O2S/c1-20-13-3-2-11-8-12(15(16)17-14(11)9-13)10-18-4-6-21(19)7-5-18/h2-3,8-9H,4-7,10H2,1H3,(H2,16,17). The van der Waals surface area contributed by atoms with Crippen molar-refractivity contribution >= 4 is 27.5 Å². The minimum Gasteiger partial charge on any atom is -0.497 e. The fourth-order valence-electron chi connectivity index (χ4n) is 2.53. The van der Waals surface area contributed by atoms with Gasteiger partial charge in [-0.3, -0.25) is 9.11 Å². The third kappa shape index (κ3) is 3.16. The molecule has 0 amide bonds. The Morgan fingerprint density at radius 2 is 2.10 bits per heavy atom. The number of hydrogen-bond acceptors (Lipinski definition) is 5. The number of ether oxygens (including phenoxy) is 1. The SMILES string of the molecule is COc1ccc2cc(CN3CCS(=O)CC3)c(N)nc2c1. The van der Waals surface area contributed by atoms with Crippen LogP contribution in [0.1, 0.15) is 5.56 Å². The number of aromatic nitrogens is 1. The topological polar surface area (TPSA) is 68.5 Å². The van der Waals surface area contributed by atoms with Crippen LogP contribution in [0.4, 0.5) is 5.82 Å². The minimum absolute atomic E-state index is 0.558. The summed E-state index contributed by atoms with van der Waals surface area (Å²) in [5, 5.41) is 1.06. The van der Waals surface area contributed by atoms with Crippen molar-refractivity contribution in [2.45, 2.75) is 6.54 Å². The summed E-state index contributed by atoms with van der Waals surface area (Å²) >= 11 is 0. The molecule has 2 aromatic rings. The van der Waals surface area contributed by atoms with E-state index in [0.29, 0.717) is 5.82 Å². The van der Waals surface area contributed by atoms with E-state index in [2.05, 4.69) is 16.0 Å². The van der Waals surface area contributed by atoms with Crippen LogP contribution in [0.2, 0.25) is 0 Å². The molecule has 2 N–H and O–H groups in total. The van der Waals surface area contributed by atoms with Gasteiger partial charge in [0, 0.05) is 59.0 Å². The van der Waals surface area contributed by atoms with E-state index in [1.54, 1.807) is 7.11 Å². The molecule has 0 spiro atoms. The molecule has 1 aliphatic rings. The predicted octanol–water partition coefficient (Wildman–Crippen LogP) is 1.39. The van der Waals surface area contributed by atoms with Gasteiger partial charge in [-0.1, -0.05) is 0 Å². The molecule has 0 bridgehead atoms. The van der Waals surface area contributed by atoms with Crippen LogP contribution in [0.5, 0.6) is 5.75 Å². The van der Waals surface area contributed by atoms with E-state index in [1.165, 1.54) is 0 Å². The zero-order valence-electron chi connectivity index (χ0n) is 12.0. The van der Waals surface area contributed by atoms with Crippen molar-refractivity contribution < 1.29 is 8.95 Å². The lowest BCUT2D eigenvalue weighted by molar-refractivity contribution is 0.292. The molecule has 21 heavy (non-hydrogen) atoms. The zero-order chi connectivity index (χ0) is 14.8. The highest BCUT2D eigenvalue weighted by Crippen LogP contribution is 2.24. The first-order chi connectivity index (χ1) is 10.2. The first kappa shape index (κ1) is 14.3. The van der Waals surface area contributed by atoms with E-state index in [4.69, 9.17) is 10.5 Å². The molecule has 0 unspecified atom stereocenters. The van der Waals surface area contributed by atoms with Crippen molar-refractivity contribution in [2.24, 2.45) is 0 Å². The predicted molar refractivity (Wildman–Crippen MR) is 85.9 cm³/mol. The highest BCUT2D eigenvalue weighted by molar-refractivity contribution is 7.85. The summed E-state index contributed by atoms with van der Waals surface area (Å²) < 4.78 is 16.6. The molecule has 112 valence electrons. The second-order valence-corrected chi connectivity index (χ2v) is 6.91. The Bertz CT molecular complexity index is 680. The molecular formula is C15H19N3O2S. The highest BCUT2D eigenvalue weighted by atomic mass is 32.2. The van der Waals surface area contributed by atoms with Gasteiger partial charge >= 0.3 is 0 Å². The number of nitrogens with two attached hydrogens (primary N) is 1. The van der Waals surface area contributed by atoms with Crippen LogP contribution < -0.4 is 10.5 Å². The normalized spacial score (nSPS) is 17.2. The van der Waals surface area contributed by atoms with Crippen molar-refractivity contribution in [2.75, 3.05) is 37.4 Å². The van der Waals surface area contributed by atoms with E-state index < -0.39 is 10.8 Å². The van der Waals surface area contributed by atoms with E-state index in [0.717, 1.165) is 53.4 Å². The monoisotopic (exact) mass is 305 g/mol. The third-order valence-corrected chi connectivity index (χ3v) is 5.08. The lowest BCUT2D eigenvalue weighted by Crippen LogP contribution is -2.37. The first-order valence-electron chi connectivity index (χ1n) is 6.96. The van der Waals surface area contributed by atoms with Gasteiger partial charge in [0.1, 0.15) is 11.6 Å². The number of hydrogen-bond donors (Lipinski definition) is 1. The number of nitrogen functional groups attached to an aromatic ring is 1. The molecule has 3 rings (SSSR count). The molecule has 0 saturated carbocycles. The largest absolute Gasteiger partial charge is 0.497 e. The summed E-state index contributed by atoms with van der Waals surface area (Å²) in [4.78, 5) is 6.76. The molecule has 1 aromatic heterocycles. The lowest BCUT2D eigenvalue weighted by atomic mass is 10.1. The number of anilines is 1. The third-order valence-electron chi connectivity index (χ3n) is 3.80. The summed E-state index contributed by atoms with van der Waals surface area (Å²) in [7, 11) is 0.985. The molecule has 1 fully saturated rings. The molecule has 0 radical (unpaired) electrons. The summed E-state index contributed by atoms with van der Waals surface area (Å²) in [6.07, 6.45) is 0. The molecule has 1 aromatic carbocycles.